The Morgan fingerprint density at radius 3 is 1.96 bits per heavy atom. The van der Waals surface area contributed by atoms with Crippen molar-refractivity contribution in [3.63, 3.8) is 0 Å². The molecule has 10 rings (SSSR count). The Morgan fingerprint density at radius 2 is 1.12 bits per heavy atom. The third-order valence-electron chi connectivity index (χ3n) is 10.2. The Kier molecular flexibility index (Phi) is 5.84. The van der Waals surface area contributed by atoms with Crippen molar-refractivity contribution < 1.29 is 6.85 Å². The van der Waals surface area contributed by atoms with Crippen LogP contribution in [0.3, 0.4) is 0 Å². The number of hydrogen-bond donors (Lipinski definition) is 0. The maximum Gasteiger partial charge on any atom is 0.0727 e. The molecule has 0 aliphatic heterocycles. The zero-order valence-corrected chi connectivity index (χ0v) is 28.3. The average Bonchev–Trinajstić information content (AvgIpc) is 3.77. The van der Waals surface area contributed by atoms with Crippen LogP contribution in [-0.4, -0.2) is 0 Å². The van der Waals surface area contributed by atoms with Gasteiger partial charge in [0.25, 0.3) is 0 Å². The summed E-state index contributed by atoms with van der Waals surface area (Å²) >= 11 is 1.68. The highest BCUT2D eigenvalue weighted by Crippen LogP contribution is 2.59. The van der Waals surface area contributed by atoms with Gasteiger partial charge in [0.05, 0.1) is 18.0 Å². The minimum atomic E-state index is -1.24. The fourth-order valence-corrected chi connectivity index (χ4v) is 9.39. The van der Waals surface area contributed by atoms with E-state index >= 15 is 0 Å². The minimum absolute atomic E-state index is 0.205. The fraction of sp³-hybridized carbons (Fsp3) is 0.0204. The highest BCUT2D eigenvalue weighted by molar-refractivity contribution is 7.26. The molecular weight excluding hydrogens is 635 g/mol. The Hall–Kier alpha value is -6.22. The lowest BCUT2D eigenvalue weighted by Gasteiger charge is -2.34. The minimum Gasteiger partial charge on any atom is -0.310 e. The molecule has 0 fully saturated rings. The van der Waals surface area contributed by atoms with E-state index in [0.29, 0.717) is 0 Å². The normalized spacial score (nSPS) is 16.1. The van der Waals surface area contributed by atoms with Crippen LogP contribution < -0.4 is 4.90 Å². The van der Waals surface area contributed by atoms with E-state index in [9.17, 15) is 2.74 Å². The summed E-state index contributed by atoms with van der Waals surface area (Å²) in [6.45, 7) is 0. The highest BCUT2D eigenvalue weighted by Gasteiger charge is 2.47. The molecule has 1 nitrogen and oxygen atoms in total. The number of nitrogens with zero attached hydrogens (tertiary/aromatic N) is 1. The van der Waals surface area contributed by atoms with E-state index in [2.05, 4.69) is 120 Å². The highest BCUT2D eigenvalue weighted by atomic mass is 32.1. The van der Waals surface area contributed by atoms with E-state index < -0.39 is 11.5 Å². The number of benzene rings is 8. The molecule has 0 saturated carbocycles. The summed E-state index contributed by atoms with van der Waals surface area (Å²) in [5.41, 5.74) is 8.70. The Labute approximate surface area is 309 Å². The quantitative estimate of drug-likeness (QED) is 0.170. The van der Waals surface area contributed by atoms with Crippen molar-refractivity contribution in [2.45, 2.75) is 5.41 Å². The molecular formula is C49H33NS. The monoisotopic (exact) mass is 672 g/mol. The standard InChI is InChI=1S/C49H33NS/c1-4-17-34(18-5-1)38-23-11-14-29-46(38)50(36-21-8-3-9-22-36)37-31-32-44-42(33-37)39-24-10-13-27-43(39)49(44,35-19-6-2-7-20-35)45-28-16-26-41-40-25-12-15-30-47(40)51-48(41)45/h1-33H/i2D,6D,7D,19D,20D. The summed E-state index contributed by atoms with van der Waals surface area (Å²) < 4.78 is 47.7. The van der Waals surface area contributed by atoms with Crippen molar-refractivity contribution >= 4 is 48.6 Å². The van der Waals surface area contributed by atoms with E-state index in [-0.39, 0.29) is 29.7 Å². The molecule has 0 spiro atoms. The topological polar surface area (TPSA) is 3.24 Å². The SMILES string of the molecule is [2H]c1c([2H])c([2H])c(C2(c3cccc4c3sc3ccccc34)c3ccccc3-c3cc(N(c4ccccc4)c4ccccc4-c4ccccc4)ccc32)c([2H])c1[2H]. The second-order valence-electron chi connectivity index (χ2n) is 12.9. The Morgan fingerprint density at radius 1 is 0.471 bits per heavy atom. The summed E-state index contributed by atoms with van der Waals surface area (Å²) in [6, 6.07) is 56.9. The van der Waals surface area contributed by atoms with Gasteiger partial charge in [0.1, 0.15) is 0 Å². The Bertz CT molecular complexity index is 2970. The van der Waals surface area contributed by atoms with Crippen LogP contribution in [0.2, 0.25) is 0 Å². The maximum atomic E-state index is 9.54. The van der Waals surface area contributed by atoms with Gasteiger partial charge in [-0.15, -0.1) is 11.3 Å². The van der Waals surface area contributed by atoms with Crippen LogP contribution in [0, 0.1) is 0 Å². The molecule has 1 aromatic heterocycles. The van der Waals surface area contributed by atoms with Crippen molar-refractivity contribution in [1.29, 1.82) is 0 Å². The van der Waals surface area contributed by atoms with Crippen LogP contribution in [0.15, 0.2) is 200 Å². The van der Waals surface area contributed by atoms with Gasteiger partial charge in [-0.25, -0.2) is 0 Å². The zero-order valence-electron chi connectivity index (χ0n) is 32.5. The molecule has 8 aromatic carbocycles. The fourth-order valence-electron chi connectivity index (χ4n) is 8.12. The van der Waals surface area contributed by atoms with Gasteiger partial charge >= 0.3 is 0 Å². The lowest BCUT2D eigenvalue weighted by molar-refractivity contribution is 0.778. The van der Waals surface area contributed by atoms with Crippen molar-refractivity contribution in [1.82, 2.24) is 0 Å². The summed E-state index contributed by atoms with van der Waals surface area (Å²) in [5, 5.41) is 2.20. The van der Waals surface area contributed by atoms with Crippen LogP contribution in [-0.2, 0) is 5.41 Å². The number of hydrogen-bond acceptors (Lipinski definition) is 2. The van der Waals surface area contributed by atoms with Crippen LogP contribution >= 0.6 is 11.3 Å². The molecule has 1 heterocycles. The lowest BCUT2D eigenvalue weighted by Crippen LogP contribution is -2.28. The van der Waals surface area contributed by atoms with Crippen LogP contribution in [0.4, 0.5) is 17.1 Å². The van der Waals surface area contributed by atoms with Gasteiger partial charge in [-0.2, -0.15) is 0 Å². The summed E-state index contributed by atoms with van der Waals surface area (Å²) in [4.78, 5) is 2.28. The molecule has 1 aliphatic rings. The number of para-hydroxylation sites is 2. The molecule has 2 heteroatoms. The first kappa shape index (κ1) is 24.8. The van der Waals surface area contributed by atoms with Crippen molar-refractivity contribution in [3.8, 4) is 22.3 Å². The van der Waals surface area contributed by atoms with Crippen molar-refractivity contribution in [2.75, 3.05) is 4.90 Å². The van der Waals surface area contributed by atoms with E-state index in [0.717, 1.165) is 76.2 Å². The second kappa shape index (κ2) is 12.0. The first-order chi connectivity index (χ1) is 27.4. The molecule has 1 atom stereocenters. The van der Waals surface area contributed by atoms with Gasteiger partial charge in [0.15, 0.2) is 0 Å². The smallest absolute Gasteiger partial charge is 0.0727 e. The number of fused-ring (bicyclic) bond motifs is 6. The first-order valence-corrected chi connectivity index (χ1v) is 17.9. The summed E-state index contributed by atoms with van der Waals surface area (Å²) in [5.74, 6) is 0. The molecule has 0 amide bonds. The largest absolute Gasteiger partial charge is 0.310 e. The number of thiophene rings is 1. The predicted octanol–water partition coefficient (Wildman–Crippen LogP) is 13.6. The Balaban J connectivity index is 1.32. The molecule has 1 unspecified atom stereocenters. The molecule has 51 heavy (non-hydrogen) atoms. The van der Waals surface area contributed by atoms with E-state index in [4.69, 9.17) is 4.11 Å². The zero-order chi connectivity index (χ0) is 38.1. The van der Waals surface area contributed by atoms with Crippen LogP contribution in [0.1, 0.15) is 29.1 Å². The van der Waals surface area contributed by atoms with Gasteiger partial charge in [-0.05, 0) is 75.3 Å². The average molecular weight is 673 g/mol. The van der Waals surface area contributed by atoms with E-state index in [1.807, 2.05) is 54.6 Å². The second-order valence-corrected chi connectivity index (χ2v) is 13.9. The molecule has 0 saturated heterocycles. The van der Waals surface area contributed by atoms with Crippen LogP contribution in [0.5, 0.6) is 0 Å². The molecule has 0 bridgehead atoms. The van der Waals surface area contributed by atoms with E-state index in [1.165, 1.54) is 0 Å². The molecule has 1 aliphatic carbocycles. The van der Waals surface area contributed by atoms with Gasteiger partial charge in [0, 0.05) is 37.1 Å². The maximum absolute atomic E-state index is 9.54. The van der Waals surface area contributed by atoms with Gasteiger partial charge in [-0.1, -0.05) is 164 Å². The van der Waals surface area contributed by atoms with Gasteiger partial charge in [0.2, 0.25) is 0 Å². The van der Waals surface area contributed by atoms with Gasteiger partial charge in [-0.3, -0.25) is 0 Å². The summed E-state index contributed by atoms with van der Waals surface area (Å²) in [6.07, 6.45) is 0. The van der Waals surface area contributed by atoms with Crippen molar-refractivity contribution in [2.24, 2.45) is 0 Å². The van der Waals surface area contributed by atoms with Gasteiger partial charge < -0.3 is 4.90 Å². The first-order valence-electron chi connectivity index (χ1n) is 19.6. The number of anilines is 3. The predicted molar refractivity (Wildman–Crippen MR) is 217 cm³/mol. The lowest BCUT2D eigenvalue weighted by atomic mass is 9.67. The van der Waals surface area contributed by atoms with Crippen LogP contribution in [0.25, 0.3) is 42.4 Å². The van der Waals surface area contributed by atoms with Crippen molar-refractivity contribution in [3.05, 3.63) is 222 Å². The number of rotatable bonds is 6. The third kappa shape index (κ3) is 4.54. The third-order valence-corrected chi connectivity index (χ3v) is 11.4. The molecule has 240 valence electrons. The molecule has 0 radical (unpaired) electrons. The summed E-state index contributed by atoms with van der Waals surface area (Å²) in [7, 11) is 0. The molecule has 9 aromatic rings. The molecule has 0 N–H and O–H groups in total. The van der Waals surface area contributed by atoms with E-state index in [1.54, 1.807) is 11.3 Å².